The van der Waals surface area contributed by atoms with Gasteiger partial charge >= 0.3 is 0 Å². The van der Waals surface area contributed by atoms with Crippen molar-refractivity contribution >= 4 is 0 Å². The summed E-state index contributed by atoms with van der Waals surface area (Å²) in [5, 5.41) is 10.9. The summed E-state index contributed by atoms with van der Waals surface area (Å²) >= 11 is 0. The highest BCUT2D eigenvalue weighted by Crippen LogP contribution is 2.23. The number of aromatic amines is 1. The molecule has 16 heavy (non-hydrogen) atoms. The van der Waals surface area contributed by atoms with Crippen LogP contribution in [0.5, 0.6) is 0 Å². The van der Waals surface area contributed by atoms with Crippen LogP contribution in [0.15, 0.2) is 0 Å². The Kier molecular flexibility index (Phi) is 3.96. The molecule has 90 valence electrons. The molecule has 1 aromatic rings. The first-order valence-corrected chi connectivity index (χ1v) is 6.25. The van der Waals surface area contributed by atoms with E-state index in [2.05, 4.69) is 34.4 Å². The largest absolute Gasteiger partial charge is 0.316 e. The number of aromatic nitrogens is 2. The molecule has 0 saturated heterocycles. The molecular formula is C12H22N4. The Bertz CT molecular complexity index is 332. The lowest BCUT2D eigenvalue weighted by atomic mass is 10.2. The van der Waals surface area contributed by atoms with Crippen molar-refractivity contribution in [3.8, 4) is 0 Å². The zero-order valence-corrected chi connectivity index (χ0v) is 10.3. The summed E-state index contributed by atoms with van der Waals surface area (Å²) in [5.74, 6) is 0. The molecule has 4 heteroatoms. The van der Waals surface area contributed by atoms with Gasteiger partial charge in [0.25, 0.3) is 0 Å². The van der Waals surface area contributed by atoms with Crippen LogP contribution in [-0.4, -0.2) is 41.8 Å². The Hall–Kier alpha value is -0.870. The van der Waals surface area contributed by atoms with E-state index in [0.29, 0.717) is 0 Å². The van der Waals surface area contributed by atoms with Gasteiger partial charge in [0.2, 0.25) is 0 Å². The average Bonchev–Trinajstić information content (AvgIpc) is 2.83. The molecule has 1 aliphatic carbocycles. The molecule has 1 heterocycles. The monoisotopic (exact) mass is 222 g/mol. The third-order valence-corrected chi connectivity index (χ3v) is 3.23. The van der Waals surface area contributed by atoms with Crippen molar-refractivity contribution in [2.45, 2.75) is 32.7 Å². The van der Waals surface area contributed by atoms with E-state index in [-0.39, 0.29) is 0 Å². The second-order valence-electron chi connectivity index (χ2n) is 4.57. The van der Waals surface area contributed by atoms with Crippen molar-refractivity contribution in [2.75, 3.05) is 26.7 Å². The lowest BCUT2D eigenvalue weighted by Crippen LogP contribution is -2.29. The number of nitrogens with zero attached hydrogens (tertiary/aromatic N) is 2. The molecule has 2 N–H and O–H groups in total. The van der Waals surface area contributed by atoms with E-state index in [1.807, 2.05) is 0 Å². The van der Waals surface area contributed by atoms with Crippen LogP contribution in [-0.2, 0) is 19.4 Å². The molecule has 0 aliphatic heterocycles. The van der Waals surface area contributed by atoms with Gasteiger partial charge in [-0.3, -0.25) is 10.00 Å². The smallest absolute Gasteiger partial charge is 0.0796 e. The fourth-order valence-corrected chi connectivity index (χ4v) is 2.30. The maximum Gasteiger partial charge on any atom is 0.0796 e. The van der Waals surface area contributed by atoms with Crippen molar-refractivity contribution in [1.29, 1.82) is 0 Å². The predicted molar refractivity (Wildman–Crippen MR) is 65.5 cm³/mol. The first kappa shape index (κ1) is 11.6. The third kappa shape index (κ3) is 2.62. The maximum atomic E-state index is 4.42. The first-order valence-electron chi connectivity index (χ1n) is 6.25. The van der Waals surface area contributed by atoms with Crippen LogP contribution in [0.3, 0.4) is 0 Å². The summed E-state index contributed by atoms with van der Waals surface area (Å²) in [6, 6.07) is 0. The van der Waals surface area contributed by atoms with E-state index in [1.54, 1.807) is 0 Å². The maximum absolute atomic E-state index is 4.42. The fourth-order valence-electron chi connectivity index (χ4n) is 2.30. The third-order valence-electron chi connectivity index (χ3n) is 3.23. The van der Waals surface area contributed by atoms with Gasteiger partial charge in [-0.1, -0.05) is 6.92 Å². The molecule has 0 aromatic carbocycles. The van der Waals surface area contributed by atoms with Crippen LogP contribution in [0.25, 0.3) is 0 Å². The number of nitrogens with one attached hydrogen (secondary N) is 2. The van der Waals surface area contributed by atoms with Crippen LogP contribution in [0.1, 0.15) is 30.3 Å². The van der Waals surface area contributed by atoms with Gasteiger partial charge in [-0.05, 0) is 38.4 Å². The highest BCUT2D eigenvalue weighted by atomic mass is 15.2. The molecule has 0 fully saturated rings. The van der Waals surface area contributed by atoms with E-state index in [1.165, 1.54) is 36.2 Å². The van der Waals surface area contributed by atoms with Crippen molar-refractivity contribution in [1.82, 2.24) is 20.4 Å². The second kappa shape index (κ2) is 5.46. The van der Waals surface area contributed by atoms with Gasteiger partial charge in [0.1, 0.15) is 0 Å². The zero-order valence-electron chi connectivity index (χ0n) is 10.3. The normalized spacial score (nSPS) is 14.7. The average molecular weight is 222 g/mol. The number of H-pyrrole nitrogens is 1. The van der Waals surface area contributed by atoms with E-state index >= 15 is 0 Å². The summed E-state index contributed by atoms with van der Waals surface area (Å²) in [6.07, 6.45) is 3.68. The van der Waals surface area contributed by atoms with Crippen molar-refractivity contribution in [3.05, 3.63) is 17.0 Å². The van der Waals surface area contributed by atoms with Gasteiger partial charge in [0, 0.05) is 25.3 Å². The molecule has 2 rings (SSSR count). The molecular weight excluding hydrogens is 200 g/mol. The Labute approximate surface area is 97.4 Å². The molecule has 0 unspecified atom stereocenters. The van der Waals surface area contributed by atoms with Crippen LogP contribution < -0.4 is 5.32 Å². The van der Waals surface area contributed by atoms with Crippen molar-refractivity contribution in [3.63, 3.8) is 0 Å². The minimum Gasteiger partial charge on any atom is -0.316 e. The summed E-state index contributed by atoms with van der Waals surface area (Å²) in [4.78, 5) is 2.33. The molecule has 0 atom stereocenters. The van der Waals surface area contributed by atoms with E-state index in [9.17, 15) is 0 Å². The van der Waals surface area contributed by atoms with Gasteiger partial charge in [0.05, 0.1) is 5.69 Å². The van der Waals surface area contributed by atoms with Gasteiger partial charge in [-0.15, -0.1) is 0 Å². The first-order chi connectivity index (χ1) is 7.81. The number of hydrogen-bond donors (Lipinski definition) is 2. The summed E-state index contributed by atoms with van der Waals surface area (Å²) in [6.45, 7) is 6.29. The lowest BCUT2D eigenvalue weighted by molar-refractivity contribution is 0.320. The minimum absolute atomic E-state index is 0.969. The molecule has 1 aliphatic rings. The van der Waals surface area contributed by atoms with E-state index in [0.717, 1.165) is 26.2 Å². The highest BCUT2D eigenvalue weighted by Gasteiger charge is 2.18. The minimum atomic E-state index is 0.969. The van der Waals surface area contributed by atoms with Crippen molar-refractivity contribution in [2.24, 2.45) is 0 Å². The Morgan fingerprint density at radius 3 is 3.12 bits per heavy atom. The summed E-state index contributed by atoms with van der Waals surface area (Å²) in [5.41, 5.74) is 4.11. The molecule has 1 aromatic heterocycles. The van der Waals surface area contributed by atoms with Crippen molar-refractivity contribution < 1.29 is 0 Å². The van der Waals surface area contributed by atoms with E-state index in [4.69, 9.17) is 0 Å². The molecule has 0 saturated carbocycles. The summed E-state index contributed by atoms with van der Waals surface area (Å²) < 4.78 is 0. The van der Waals surface area contributed by atoms with Gasteiger partial charge in [-0.2, -0.15) is 5.10 Å². The lowest BCUT2D eigenvalue weighted by Gasteiger charge is -2.15. The molecule has 4 nitrogen and oxygen atoms in total. The fraction of sp³-hybridized carbons (Fsp3) is 0.750. The quantitative estimate of drug-likeness (QED) is 0.704. The predicted octanol–water partition coefficient (Wildman–Crippen LogP) is 0.940. The number of likely N-dealkylation sites (N-methyl/N-ethyl adjacent to an activating group) is 2. The van der Waals surface area contributed by atoms with Crippen LogP contribution in [0.4, 0.5) is 0 Å². The highest BCUT2D eigenvalue weighted by molar-refractivity contribution is 5.29. The van der Waals surface area contributed by atoms with Crippen LogP contribution in [0, 0.1) is 0 Å². The van der Waals surface area contributed by atoms with Crippen LogP contribution in [0.2, 0.25) is 0 Å². The number of rotatable bonds is 6. The topological polar surface area (TPSA) is 44.0 Å². The van der Waals surface area contributed by atoms with Gasteiger partial charge in [0.15, 0.2) is 0 Å². The standard InChI is InChI=1S/C12H22N4/c1-3-13-7-8-16(2)9-12-10-5-4-6-11(10)14-15-12/h13H,3-9H2,1-2H3,(H,14,15). The van der Waals surface area contributed by atoms with Gasteiger partial charge < -0.3 is 5.32 Å². The number of fused-ring (bicyclic) bond motifs is 1. The summed E-state index contributed by atoms with van der Waals surface area (Å²) in [7, 11) is 2.16. The molecule has 0 spiro atoms. The molecule has 0 radical (unpaired) electrons. The zero-order chi connectivity index (χ0) is 11.4. The van der Waals surface area contributed by atoms with Crippen LogP contribution >= 0.6 is 0 Å². The number of hydrogen-bond acceptors (Lipinski definition) is 3. The van der Waals surface area contributed by atoms with Gasteiger partial charge in [-0.25, -0.2) is 0 Å². The second-order valence-corrected chi connectivity index (χ2v) is 4.57. The molecule has 0 bridgehead atoms. The Balaban J connectivity index is 1.84. The SMILES string of the molecule is CCNCCN(C)Cc1n[nH]c2c1CCC2. The Morgan fingerprint density at radius 2 is 2.31 bits per heavy atom. The Morgan fingerprint density at radius 1 is 1.44 bits per heavy atom. The van der Waals surface area contributed by atoms with E-state index < -0.39 is 0 Å². The number of aryl methyl sites for hydroxylation is 1. The molecule has 0 amide bonds.